The van der Waals surface area contributed by atoms with Crippen LogP contribution < -0.4 is 5.73 Å². The van der Waals surface area contributed by atoms with Crippen LogP contribution in [0.5, 0.6) is 0 Å². The fourth-order valence-electron chi connectivity index (χ4n) is 0.595. The number of nitrogens with two attached hydrogens (primary N) is 1. The molecule has 0 saturated carbocycles. The Hall–Kier alpha value is -0.0100. The van der Waals surface area contributed by atoms with E-state index in [1.165, 1.54) is 0 Å². The maximum absolute atomic E-state index is 5.51. The van der Waals surface area contributed by atoms with Gasteiger partial charge in [-0.3, -0.25) is 0 Å². The maximum Gasteiger partial charge on any atom is -0.00257 e. The molecule has 10 heavy (non-hydrogen) atoms. The van der Waals surface area contributed by atoms with Crippen molar-refractivity contribution in [1.82, 2.24) is 0 Å². The Kier molecular flexibility index (Phi) is 7.27. The van der Waals surface area contributed by atoms with Crippen molar-refractivity contribution in [3.05, 3.63) is 12.7 Å². The minimum absolute atomic E-state index is 0. The molecule has 1 nitrogen and oxygen atoms in total. The Bertz CT molecular complexity index is 89.3. The summed E-state index contributed by atoms with van der Waals surface area (Å²) in [5, 5.41) is 0. The second kappa shape index (κ2) is 5.75. The smallest absolute Gasteiger partial charge is 0.00257 e. The van der Waals surface area contributed by atoms with Gasteiger partial charge in [-0.15, -0.1) is 19.0 Å². The maximum atomic E-state index is 5.51. The third-order valence-corrected chi connectivity index (χ3v) is 1.58. The van der Waals surface area contributed by atoms with E-state index >= 15 is 0 Å². The zero-order chi connectivity index (χ0) is 7.33. The van der Waals surface area contributed by atoms with Gasteiger partial charge in [-0.25, -0.2) is 0 Å². The van der Waals surface area contributed by atoms with Crippen LogP contribution in [0, 0.1) is 5.41 Å². The Balaban J connectivity index is 0. The van der Waals surface area contributed by atoms with Crippen LogP contribution in [-0.2, 0) is 0 Å². The molecule has 0 aromatic rings. The normalized spacial score (nSPS) is 10.3. The van der Waals surface area contributed by atoms with Gasteiger partial charge < -0.3 is 5.73 Å². The lowest BCUT2D eigenvalue weighted by Gasteiger charge is -2.20. The summed E-state index contributed by atoms with van der Waals surface area (Å²) in [5.74, 6) is 0. The van der Waals surface area contributed by atoms with Gasteiger partial charge in [-0.1, -0.05) is 19.9 Å². The molecule has 0 aliphatic heterocycles. The van der Waals surface area contributed by atoms with Crippen LogP contribution in [0.4, 0.5) is 0 Å². The zero-order valence-electron chi connectivity index (χ0n) is 6.89. The summed E-state index contributed by atoms with van der Waals surface area (Å²) in [5.41, 5.74) is 5.81. The number of hydrogen-bond donors (Lipinski definition) is 1. The topological polar surface area (TPSA) is 26.0 Å². The molecule has 0 rings (SSSR count). The lowest BCUT2D eigenvalue weighted by Crippen LogP contribution is -2.22. The van der Waals surface area contributed by atoms with Crippen LogP contribution in [0.2, 0.25) is 0 Å². The zero-order valence-corrected chi connectivity index (χ0v) is 7.71. The summed E-state index contributed by atoms with van der Waals surface area (Å²) in [7, 11) is 0. The largest absolute Gasteiger partial charge is 0.330 e. The van der Waals surface area contributed by atoms with Crippen molar-refractivity contribution >= 4 is 12.4 Å². The van der Waals surface area contributed by atoms with Crippen LogP contribution in [0.25, 0.3) is 0 Å². The Labute approximate surface area is 70.1 Å². The Morgan fingerprint density at radius 3 is 2.30 bits per heavy atom. The lowest BCUT2D eigenvalue weighted by atomic mass is 9.88. The number of rotatable bonds is 4. The third-order valence-electron chi connectivity index (χ3n) is 1.58. The molecule has 0 aromatic heterocycles. The Morgan fingerprint density at radius 1 is 1.50 bits per heavy atom. The first-order valence-electron chi connectivity index (χ1n) is 3.43. The van der Waals surface area contributed by atoms with Crippen molar-refractivity contribution in [3.63, 3.8) is 0 Å². The van der Waals surface area contributed by atoms with Gasteiger partial charge in [-0.2, -0.15) is 0 Å². The van der Waals surface area contributed by atoms with E-state index in [1.54, 1.807) is 0 Å². The molecule has 0 unspecified atom stereocenters. The molecule has 0 amide bonds. The summed E-state index contributed by atoms with van der Waals surface area (Å²) in [6.07, 6.45) is 4.16. The van der Waals surface area contributed by atoms with E-state index in [9.17, 15) is 0 Å². The fraction of sp³-hybridized carbons (Fsp3) is 0.750. The quantitative estimate of drug-likeness (QED) is 0.633. The summed E-state index contributed by atoms with van der Waals surface area (Å²) in [4.78, 5) is 0. The van der Waals surface area contributed by atoms with Crippen molar-refractivity contribution in [2.24, 2.45) is 11.1 Å². The first-order valence-corrected chi connectivity index (χ1v) is 3.43. The predicted molar refractivity (Wildman–Crippen MR) is 49.5 cm³/mol. The van der Waals surface area contributed by atoms with Crippen LogP contribution in [0.15, 0.2) is 12.7 Å². The number of allylic oxidation sites excluding steroid dienone is 1. The first kappa shape index (κ1) is 12.6. The summed E-state index contributed by atoms with van der Waals surface area (Å²) < 4.78 is 0. The van der Waals surface area contributed by atoms with Gasteiger partial charge >= 0.3 is 0 Å². The van der Waals surface area contributed by atoms with Crippen LogP contribution >= 0.6 is 12.4 Å². The standard InChI is InChI=1S/C8H17N.ClH/c1-4-5-6-8(2,3)7-9;/h4H,1,5-7,9H2,2-3H3;1H. The molecule has 0 radical (unpaired) electrons. The molecular formula is C8H18ClN. The average Bonchev–Trinajstić information content (AvgIpc) is 1.84. The van der Waals surface area contributed by atoms with Gasteiger partial charge in [-0.05, 0) is 24.8 Å². The molecule has 0 bridgehead atoms. The first-order chi connectivity index (χ1) is 4.12. The highest BCUT2D eigenvalue weighted by molar-refractivity contribution is 5.85. The molecule has 0 aromatic carbocycles. The van der Waals surface area contributed by atoms with Gasteiger partial charge in [0.05, 0.1) is 0 Å². The highest BCUT2D eigenvalue weighted by atomic mass is 35.5. The van der Waals surface area contributed by atoms with Crippen molar-refractivity contribution in [2.75, 3.05) is 6.54 Å². The van der Waals surface area contributed by atoms with Gasteiger partial charge in [0.15, 0.2) is 0 Å². The van der Waals surface area contributed by atoms with E-state index < -0.39 is 0 Å². The van der Waals surface area contributed by atoms with Gasteiger partial charge in [0.1, 0.15) is 0 Å². The van der Waals surface area contributed by atoms with Gasteiger partial charge in [0.25, 0.3) is 0 Å². The molecule has 62 valence electrons. The molecule has 0 saturated heterocycles. The van der Waals surface area contributed by atoms with E-state index in [1.807, 2.05) is 6.08 Å². The summed E-state index contributed by atoms with van der Waals surface area (Å²) >= 11 is 0. The molecule has 2 heteroatoms. The second-order valence-electron chi connectivity index (χ2n) is 3.20. The van der Waals surface area contributed by atoms with Crippen molar-refractivity contribution < 1.29 is 0 Å². The molecule has 0 aliphatic carbocycles. The number of hydrogen-bond acceptors (Lipinski definition) is 1. The predicted octanol–water partition coefficient (Wildman–Crippen LogP) is 2.36. The van der Waals surface area contributed by atoms with E-state index in [-0.39, 0.29) is 12.4 Å². The van der Waals surface area contributed by atoms with Crippen molar-refractivity contribution in [3.8, 4) is 0 Å². The van der Waals surface area contributed by atoms with Crippen LogP contribution in [0.1, 0.15) is 26.7 Å². The van der Waals surface area contributed by atoms with Crippen molar-refractivity contribution in [1.29, 1.82) is 0 Å². The average molecular weight is 164 g/mol. The molecular weight excluding hydrogens is 146 g/mol. The van der Waals surface area contributed by atoms with Crippen LogP contribution in [0.3, 0.4) is 0 Å². The summed E-state index contributed by atoms with van der Waals surface area (Å²) in [6, 6.07) is 0. The SMILES string of the molecule is C=CCCC(C)(C)CN.Cl. The minimum Gasteiger partial charge on any atom is -0.330 e. The molecule has 0 aliphatic rings. The monoisotopic (exact) mass is 163 g/mol. The van der Waals surface area contributed by atoms with E-state index in [0.717, 1.165) is 19.4 Å². The van der Waals surface area contributed by atoms with Crippen molar-refractivity contribution in [2.45, 2.75) is 26.7 Å². The molecule has 0 heterocycles. The minimum atomic E-state index is 0. The Morgan fingerprint density at radius 2 is 2.00 bits per heavy atom. The second-order valence-corrected chi connectivity index (χ2v) is 3.20. The third kappa shape index (κ3) is 6.12. The molecule has 0 fully saturated rings. The van der Waals surface area contributed by atoms with Gasteiger partial charge in [0.2, 0.25) is 0 Å². The number of halogens is 1. The molecule has 2 N–H and O–H groups in total. The highest BCUT2D eigenvalue weighted by Crippen LogP contribution is 2.19. The van der Waals surface area contributed by atoms with E-state index in [4.69, 9.17) is 5.73 Å². The fourth-order valence-corrected chi connectivity index (χ4v) is 0.595. The van der Waals surface area contributed by atoms with Gasteiger partial charge in [0, 0.05) is 0 Å². The lowest BCUT2D eigenvalue weighted by molar-refractivity contribution is 0.351. The van der Waals surface area contributed by atoms with E-state index in [2.05, 4.69) is 20.4 Å². The van der Waals surface area contributed by atoms with E-state index in [0.29, 0.717) is 5.41 Å². The highest BCUT2D eigenvalue weighted by Gasteiger charge is 2.12. The molecule has 0 spiro atoms. The molecule has 0 atom stereocenters. The van der Waals surface area contributed by atoms with Crippen LogP contribution in [-0.4, -0.2) is 6.54 Å². The summed E-state index contributed by atoms with van der Waals surface area (Å²) in [6.45, 7) is 8.78.